The van der Waals surface area contributed by atoms with Crippen LogP contribution >= 0.6 is 0 Å². The van der Waals surface area contributed by atoms with Gasteiger partial charge < -0.3 is 10.1 Å². The Bertz CT molecular complexity index is 389. The van der Waals surface area contributed by atoms with Crippen molar-refractivity contribution >= 4 is 0 Å². The van der Waals surface area contributed by atoms with Crippen LogP contribution in [0, 0.1) is 5.92 Å². The summed E-state index contributed by atoms with van der Waals surface area (Å²) < 4.78 is 5.94. The van der Waals surface area contributed by atoms with Crippen molar-refractivity contribution in [1.29, 1.82) is 0 Å². The van der Waals surface area contributed by atoms with Crippen LogP contribution in [0.3, 0.4) is 0 Å². The molecule has 1 N–H and O–H groups in total. The fourth-order valence-electron chi connectivity index (χ4n) is 3.38. The van der Waals surface area contributed by atoms with Crippen molar-refractivity contribution in [3.63, 3.8) is 0 Å². The lowest BCUT2D eigenvalue weighted by molar-refractivity contribution is 0.0950. The highest BCUT2D eigenvalue weighted by Crippen LogP contribution is 2.36. The third-order valence-corrected chi connectivity index (χ3v) is 4.33. The van der Waals surface area contributed by atoms with Crippen molar-refractivity contribution in [2.24, 2.45) is 5.92 Å². The van der Waals surface area contributed by atoms with E-state index in [0.717, 1.165) is 0 Å². The lowest BCUT2D eigenvalue weighted by Gasteiger charge is -2.29. The van der Waals surface area contributed by atoms with E-state index in [0.29, 0.717) is 30.2 Å². The first-order valence-corrected chi connectivity index (χ1v) is 7.20. The summed E-state index contributed by atoms with van der Waals surface area (Å²) in [5, 5.41) is 3.84. The minimum absolute atomic E-state index is 0.444. The van der Waals surface area contributed by atoms with Gasteiger partial charge in [-0.1, -0.05) is 44.2 Å². The SMILES string of the molecule is CC(C)C(NC1CC2CCC1O2)c1ccccc1. The van der Waals surface area contributed by atoms with Crippen LogP contribution in [-0.4, -0.2) is 18.2 Å². The Hall–Kier alpha value is -0.860. The van der Waals surface area contributed by atoms with Crippen LogP contribution in [0.2, 0.25) is 0 Å². The molecule has 0 radical (unpaired) electrons. The van der Waals surface area contributed by atoms with Gasteiger partial charge in [0, 0.05) is 12.1 Å². The van der Waals surface area contributed by atoms with Gasteiger partial charge in [-0.15, -0.1) is 0 Å². The Morgan fingerprint density at radius 3 is 2.50 bits per heavy atom. The second-order valence-corrected chi connectivity index (χ2v) is 6.02. The molecule has 1 aromatic rings. The molecule has 2 bridgehead atoms. The molecule has 4 unspecified atom stereocenters. The fraction of sp³-hybridized carbons (Fsp3) is 0.625. The molecule has 2 saturated heterocycles. The summed E-state index contributed by atoms with van der Waals surface area (Å²) in [6.45, 7) is 4.58. The second kappa shape index (κ2) is 5.02. The third-order valence-electron chi connectivity index (χ3n) is 4.33. The second-order valence-electron chi connectivity index (χ2n) is 6.02. The van der Waals surface area contributed by atoms with E-state index >= 15 is 0 Å². The third kappa shape index (κ3) is 2.32. The molecular weight excluding hydrogens is 222 g/mol. The molecule has 2 aliphatic rings. The number of hydrogen-bond acceptors (Lipinski definition) is 2. The monoisotopic (exact) mass is 245 g/mol. The van der Waals surface area contributed by atoms with Crippen LogP contribution in [0.25, 0.3) is 0 Å². The van der Waals surface area contributed by atoms with Crippen molar-refractivity contribution in [3.05, 3.63) is 35.9 Å². The van der Waals surface area contributed by atoms with Gasteiger partial charge in [-0.2, -0.15) is 0 Å². The van der Waals surface area contributed by atoms with Crippen LogP contribution in [0.4, 0.5) is 0 Å². The van der Waals surface area contributed by atoms with E-state index in [1.165, 1.54) is 24.8 Å². The number of rotatable bonds is 4. The topological polar surface area (TPSA) is 21.3 Å². The Balaban J connectivity index is 1.71. The predicted molar refractivity (Wildman–Crippen MR) is 73.5 cm³/mol. The maximum atomic E-state index is 5.94. The van der Waals surface area contributed by atoms with Gasteiger partial charge in [0.2, 0.25) is 0 Å². The van der Waals surface area contributed by atoms with Gasteiger partial charge in [0.1, 0.15) is 0 Å². The Morgan fingerprint density at radius 2 is 1.94 bits per heavy atom. The van der Waals surface area contributed by atoms with Crippen molar-refractivity contribution in [1.82, 2.24) is 5.32 Å². The highest BCUT2D eigenvalue weighted by atomic mass is 16.5. The van der Waals surface area contributed by atoms with Gasteiger partial charge >= 0.3 is 0 Å². The van der Waals surface area contributed by atoms with Gasteiger partial charge in [0.05, 0.1) is 12.2 Å². The van der Waals surface area contributed by atoms with Crippen LogP contribution in [0.15, 0.2) is 30.3 Å². The number of benzene rings is 1. The molecule has 0 amide bonds. The average Bonchev–Trinajstić information content (AvgIpc) is 2.98. The molecule has 2 heteroatoms. The number of hydrogen-bond donors (Lipinski definition) is 1. The van der Waals surface area contributed by atoms with E-state index in [9.17, 15) is 0 Å². The minimum Gasteiger partial charge on any atom is -0.373 e. The van der Waals surface area contributed by atoms with Gasteiger partial charge in [0.15, 0.2) is 0 Å². The van der Waals surface area contributed by atoms with E-state index in [4.69, 9.17) is 4.74 Å². The lowest BCUT2D eigenvalue weighted by atomic mass is 9.90. The zero-order valence-electron chi connectivity index (χ0n) is 11.3. The van der Waals surface area contributed by atoms with E-state index in [2.05, 4.69) is 49.5 Å². The fourth-order valence-corrected chi connectivity index (χ4v) is 3.38. The van der Waals surface area contributed by atoms with E-state index in [-0.39, 0.29) is 0 Å². The quantitative estimate of drug-likeness (QED) is 0.879. The highest BCUT2D eigenvalue weighted by Gasteiger charge is 2.41. The van der Waals surface area contributed by atoms with Crippen molar-refractivity contribution in [2.45, 2.75) is 57.4 Å². The minimum atomic E-state index is 0.444. The average molecular weight is 245 g/mol. The van der Waals surface area contributed by atoms with Crippen LogP contribution < -0.4 is 5.32 Å². The molecule has 98 valence electrons. The highest BCUT2D eigenvalue weighted by molar-refractivity contribution is 5.20. The molecule has 0 aromatic heterocycles. The first-order chi connectivity index (χ1) is 8.74. The van der Waals surface area contributed by atoms with Gasteiger partial charge in [-0.05, 0) is 30.7 Å². The Morgan fingerprint density at radius 1 is 1.17 bits per heavy atom. The van der Waals surface area contributed by atoms with Gasteiger partial charge in [-0.25, -0.2) is 0 Å². The summed E-state index contributed by atoms with van der Waals surface area (Å²) in [5.41, 5.74) is 1.40. The smallest absolute Gasteiger partial charge is 0.0733 e. The Labute approximate surface area is 110 Å². The summed E-state index contributed by atoms with van der Waals surface area (Å²) in [6, 6.07) is 11.8. The molecule has 2 fully saturated rings. The first-order valence-electron chi connectivity index (χ1n) is 7.20. The molecular formula is C16H23NO. The maximum Gasteiger partial charge on any atom is 0.0733 e. The number of fused-ring (bicyclic) bond motifs is 2. The van der Waals surface area contributed by atoms with E-state index < -0.39 is 0 Å². The number of ether oxygens (including phenoxy) is 1. The van der Waals surface area contributed by atoms with Crippen LogP contribution in [-0.2, 0) is 4.74 Å². The largest absolute Gasteiger partial charge is 0.373 e. The molecule has 2 aliphatic heterocycles. The molecule has 4 atom stereocenters. The van der Waals surface area contributed by atoms with Crippen molar-refractivity contribution in [2.75, 3.05) is 0 Å². The standard InChI is InChI=1S/C16H23NO/c1-11(2)16(12-6-4-3-5-7-12)17-14-10-13-8-9-15(14)18-13/h3-7,11,13-17H,8-10H2,1-2H3. The molecule has 0 saturated carbocycles. The summed E-state index contributed by atoms with van der Waals surface area (Å²) in [7, 11) is 0. The molecule has 18 heavy (non-hydrogen) atoms. The number of nitrogens with one attached hydrogen (secondary N) is 1. The first kappa shape index (κ1) is 12.2. The summed E-state index contributed by atoms with van der Waals surface area (Å²) in [4.78, 5) is 0. The summed E-state index contributed by atoms with van der Waals surface area (Å²) >= 11 is 0. The van der Waals surface area contributed by atoms with E-state index in [1.807, 2.05) is 0 Å². The maximum absolute atomic E-state index is 5.94. The zero-order valence-corrected chi connectivity index (χ0v) is 11.3. The molecule has 0 spiro atoms. The normalized spacial score (nSPS) is 32.1. The molecule has 2 heterocycles. The summed E-state index contributed by atoms with van der Waals surface area (Å²) in [6.07, 6.45) is 4.68. The summed E-state index contributed by atoms with van der Waals surface area (Å²) in [5.74, 6) is 0.603. The molecule has 0 aliphatic carbocycles. The lowest BCUT2D eigenvalue weighted by Crippen LogP contribution is -2.41. The van der Waals surface area contributed by atoms with Crippen LogP contribution in [0.1, 0.15) is 44.7 Å². The zero-order chi connectivity index (χ0) is 12.5. The van der Waals surface area contributed by atoms with Crippen molar-refractivity contribution < 1.29 is 4.74 Å². The van der Waals surface area contributed by atoms with Gasteiger partial charge in [-0.3, -0.25) is 0 Å². The van der Waals surface area contributed by atoms with Crippen LogP contribution in [0.5, 0.6) is 0 Å². The van der Waals surface area contributed by atoms with Crippen molar-refractivity contribution in [3.8, 4) is 0 Å². The molecule has 3 rings (SSSR count). The van der Waals surface area contributed by atoms with Gasteiger partial charge in [0.25, 0.3) is 0 Å². The Kier molecular flexibility index (Phi) is 3.40. The molecule has 2 nitrogen and oxygen atoms in total. The molecule has 1 aromatic carbocycles. The van der Waals surface area contributed by atoms with E-state index in [1.54, 1.807) is 0 Å². The predicted octanol–water partition coefficient (Wildman–Crippen LogP) is 3.29.